The molecule has 0 amide bonds. The molecule has 1 atom stereocenters. The van der Waals surface area contributed by atoms with E-state index < -0.39 is 16.1 Å². The summed E-state index contributed by atoms with van der Waals surface area (Å²) in [6.07, 6.45) is 2.00. The number of rotatable bonds is 4. The summed E-state index contributed by atoms with van der Waals surface area (Å²) in [7, 11) is -3.89. The van der Waals surface area contributed by atoms with Crippen molar-refractivity contribution in [3.8, 4) is 0 Å². The minimum absolute atomic E-state index is 0.176. The van der Waals surface area contributed by atoms with E-state index in [1.807, 2.05) is 36.4 Å². The van der Waals surface area contributed by atoms with Gasteiger partial charge in [0.1, 0.15) is 6.04 Å². The molecule has 4 aromatic rings. The van der Waals surface area contributed by atoms with Gasteiger partial charge < -0.3 is 0 Å². The van der Waals surface area contributed by atoms with E-state index in [2.05, 4.69) is 10.1 Å². The Hall–Kier alpha value is -3.29. The van der Waals surface area contributed by atoms with E-state index >= 15 is 0 Å². The van der Waals surface area contributed by atoms with Gasteiger partial charge in [-0.05, 0) is 42.0 Å². The molecule has 3 aromatic carbocycles. The summed E-state index contributed by atoms with van der Waals surface area (Å²) in [5.41, 5.74) is 3.47. The molecule has 154 valence electrons. The second-order valence-electron chi connectivity index (χ2n) is 7.15. The van der Waals surface area contributed by atoms with Crippen LogP contribution >= 0.6 is 11.6 Å². The molecule has 1 aromatic heterocycles. The molecule has 0 radical (unpaired) electrons. The van der Waals surface area contributed by atoms with Crippen LogP contribution in [0.3, 0.4) is 0 Å². The maximum atomic E-state index is 13.5. The van der Waals surface area contributed by atoms with Crippen LogP contribution in [0.2, 0.25) is 5.02 Å². The van der Waals surface area contributed by atoms with Gasteiger partial charge in [0, 0.05) is 11.4 Å². The molecule has 0 fully saturated rings. The lowest BCUT2D eigenvalue weighted by molar-refractivity contribution is 0.365. The molecule has 31 heavy (non-hydrogen) atoms. The Morgan fingerprint density at radius 3 is 2.29 bits per heavy atom. The molecule has 1 aliphatic heterocycles. The zero-order chi connectivity index (χ0) is 21.4. The highest BCUT2D eigenvalue weighted by Crippen LogP contribution is 2.36. The normalized spacial score (nSPS) is 16.5. The Labute approximate surface area is 184 Å². The van der Waals surface area contributed by atoms with Gasteiger partial charge in [0.25, 0.3) is 10.0 Å². The van der Waals surface area contributed by atoms with Gasteiger partial charge in [0.05, 0.1) is 33.5 Å². The van der Waals surface area contributed by atoms with Crippen molar-refractivity contribution in [1.29, 1.82) is 0 Å². The van der Waals surface area contributed by atoms with Gasteiger partial charge in [0.15, 0.2) is 0 Å². The van der Waals surface area contributed by atoms with Crippen LogP contribution in [0, 0.1) is 0 Å². The van der Waals surface area contributed by atoms with E-state index in [-0.39, 0.29) is 4.90 Å². The van der Waals surface area contributed by atoms with E-state index in [9.17, 15) is 8.42 Å². The number of aromatic nitrogens is 2. The number of fused-ring (bicyclic) bond motifs is 1. The van der Waals surface area contributed by atoms with E-state index in [0.717, 1.165) is 15.5 Å². The molecule has 0 N–H and O–H groups in total. The Bertz CT molecular complexity index is 1390. The molecular weight excluding hydrogens is 432 g/mol. The van der Waals surface area contributed by atoms with Crippen LogP contribution in [-0.4, -0.2) is 28.5 Å². The van der Waals surface area contributed by atoms with Crippen molar-refractivity contribution in [1.82, 2.24) is 14.4 Å². The zero-order valence-electron chi connectivity index (χ0n) is 16.3. The lowest BCUT2D eigenvalue weighted by atomic mass is 10.0. The Morgan fingerprint density at radius 2 is 1.55 bits per heavy atom. The number of para-hydroxylation sites is 2. The first-order chi connectivity index (χ1) is 15.0. The maximum absolute atomic E-state index is 13.5. The topological polar surface area (TPSA) is 75.5 Å². The highest BCUT2D eigenvalue weighted by atomic mass is 35.5. The van der Waals surface area contributed by atoms with Crippen LogP contribution in [0.25, 0.3) is 11.0 Å². The van der Waals surface area contributed by atoms with Gasteiger partial charge in [-0.3, -0.25) is 4.98 Å². The van der Waals surface area contributed by atoms with Crippen molar-refractivity contribution in [3.05, 3.63) is 101 Å². The highest BCUT2D eigenvalue weighted by Gasteiger charge is 2.38. The van der Waals surface area contributed by atoms with Crippen LogP contribution < -0.4 is 0 Å². The van der Waals surface area contributed by atoms with E-state index in [1.54, 1.807) is 48.7 Å². The van der Waals surface area contributed by atoms with Crippen LogP contribution in [0.15, 0.2) is 95.1 Å². The standard InChI is InChI=1S/C23H17ClN4O2S/c24-17-12-10-16(11-13-17)21-14-23(22-15-25-19-8-4-5-9-20(19)26-22)28(27-21)31(29,30)18-6-2-1-3-7-18/h1-13,15,23H,14H2/t23-/m1/s1. The van der Waals surface area contributed by atoms with Crippen LogP contribution in [0.5, 0.6) is 0 Å². The molecule has 0 saturated carbocycles. The first kappa shape index (κ1) is 19.7. The predicted octanol–water partition coefficient (Wildman–Crippen LogP) is 4.82. The van der Waals surface area contributed by atoms with Crippen molar-refractivity contribution >= 4 is 38.4 Å². The molecule has 8 heteroatoms. The molecule has 0 spiro atoms. The summed E-state index contributed by atoms with van der Waals surface area (Å²) in [4.78, 5) is 9.34. The number of sulfonamides is 1. The molecule has 2 heterocycles. The summed E-state index contributed by atoms with van der Waals surface area (Å²) < 4.78 is 28.1. The minimum Gasteiger partial charge on any atom is -0.253 e. The summed E-state index contributed by atoms with van der Waals surface area (Å²) in [5, 5.41) is 5.13. The van der Waals surface area contributed by atoms with Crippen LogP contribution in [0.1, 0.15) is 23.7 Å². The Kier molecular flexibility index (Phi) is 4.92. The number of hydrazone groups is 1. The fourth-order valence-corrected chi connectivity index (χ4v) is 5.15. The average Bonchev–Trinajstić information content (AvgIpc) is 3.26. The molecular formula is C23H17ClN4O2S. The molecule has 0 aliphatic carbocycles. The van der Waals surface area contributed by atoms with E-state index in [4.69, 9.17) is 16.6 Å². The number of nitrogens with zero attached hydrogens (tertiary/aromatic N) is 4. The summed E-state index contributed by atoms with van der Waals surface area (Å²) in [6.45, 7) is 0. The van der Waals surface area contributed by atoms with Gasteiger partial charge in [-0.25, -0.2) is 4.98 Å². The summed E-state index contributed by atoms with van der Waals surface area (Å²) >= 11 is 6.02. The molecule has 0 bridgehead atoms. The first-order valence-electron chi connectivity index (χ1n) is 9.67. The minimum atomic E-state index is -3.89. The lowest BCUT2D eigenvalue weighted by Gasteiger charge is -2.22. The first-order valence-corrected chi connectivity index (χ1v) is 11.5. The predicted molar refractivity (Wildman–Crippen MR) is 120 cm³/mol. The maximum Gasteiger partial charge on any atom is 0.279 e. The number of hydrogen-bond acceptors (Lipinski definition) is 5. The number of hydrogen-bond donors (Lipinski definition) is 0. The number of benzene rings is 3. The van der Waals surface area contributed by atoms with Crippen molar-refractivity contribution in [2.75, 3.05) is 0 Å². The summed E-state index contributed by atoms with van der Waals surface area (Å²) in [6, 6.07) is 22.4. The number of halogens is 1. The third kappa shape index (κ3) is 3.66. The molecule has 5 rings (SSSR count). The fraction of sp³-hybridized carbons (Fsp3) is 0.0870. The van der Waals surface area contributed by atoms with Crippen molar-refractivity contribution < 1.29 is 8.42 Å². The zero-order valence-corrected chi connectivity index (χ0v) is 17.8. The highest BCUT2D eigenvalue weighted by molar-refractivity contribution is 7.89. The Morgan fingerprint density at radius 1 is 0.871 bits per heavy atom. The molecule has 0 saturated heterocycles. The Balaban J connectivity index is 1.62. The second kappa shape index (κ2) is 7.76. The lowest BCUT2D eigenvalue weighted by Crippen LogP contribution is -2.28. The van der Waals surface area contributed by atoms with Crippen molar-refractivity contribution in [3.63, 3.8) is 0 Å². The molecule has 0 unspecified atom stereocenters. The monoisotopic (exact) mass is 448 g/mol. The third-order valence-electron chi connectivity index (χ3n) is 5.15. The van der Waals surface area contributed by atoms with E-state index in [1.165, 1.54) is 0 Å². The molecule has 6 nitrogen and oxygen atoms in total. The second-order valence-corrected chi connectivity index (χ2v) is 9.38. The van der Waals surface area contributed by atoms with Gasteiger partial charge in [0.2, 0.25) is 0 Å². The van der Waals surface area contributed by atoms with Crippen molar-refractivity contribution in [2.24, 2.45) is 5.10 Å². The quantitative estimate of drug-likeness (QED) is 0.448. The average molecular weight is 449 g/mol. The summed E-state index contributed by atoms with van der Waals surface area (Å²) in [5.74, 6) is 0. The van der Waals surface area contributed by atoms with Crippen molar-refractivity contribution in [2.45, 2.75) is 17.4 Å². The van der Waals surface area contributed by atoms with Gasteiger partial charge >= 0.3 is 0 Å². The van der Waals surface area contributed by atoms with Gasteiger partial charge in [-0.1, -0.05) is 54.1 Å². The van der Waals surface area contributed by atoms with Crippen LogP contribution in [-0.2, 0) is 10.0 Å². The van der Waals surface area contributed by atoms with Crippen LogP contribution in [0.4, 0.5) is 0 Å². The van der Waals surface area contributed by atoms with Gasteiger partial charge in [-0.15, -0.1) is 0 Å². The SMILES string of the molecule is O=S(=O)(c1ccccc1)N1N=C(c2ccc(Cl)cc2)C[C@@H]1c1cnc2ccccc2n1. The van der Waals surface area contributed by atoms with Gasteiger partial charge in [-0.2, -0.15) is 17.9 Å². The third-order valence-corrected chi connectivity index (χ3v) is 7.09. The smallest absolute Gasteiger partial charge is 0.253 e. The molecule has 1 aliphatic rings. The van der Waals surface area contributed by atoms with E-state index in [0.29, 0.717) is 28.4 Å². The largest absolute Gasteiger partial charge is 0.279 e. The fourth-order valence-electron chi connectivity index (χ4n) is 3.58.